The van der Waals surface area contributed by atoms with E-state index in [4.69, 9.17) is 5.73 Å². The summed E-state index contributed by atoms with van der Waals surface area (Å²) in [7, 11) is 0. The van der Waals surface area contributed by atoms with Gasteiger partial charge in [0, 0.05) is 10.6 Å². The Labute approximate surface area is 113 Å². The molecular formula is C13H11N3S2. The average Bonchev–Trinajstić information content (AvgIpc) is 2.76. The van der Waals surface area contributed by atoms with E-state index in [9.17, 15) is 0 Å². The number of aryl methyl sites for hydroxylation is 1. The van der Waals surface area contributed by atoms with Crippen molar-refractivity contribution in [3.8, 4) is 0 Å². The quantitative estimate of drug-likeness (QED) is 0.571. The maximum atomic E-state index is 5.96. The minimum Gasteiger partial charge on any atom is -0.398 e. The zero-order valence-corrected chi connectivity index (χ0v) is 11.4. The Morgan fingerprint density at radius 1 is 1.22 bits per heavy atom. The van der Waals surface area contributed by atoms with Gasteiger partial charge in [0.15, 0.2) is 0 Å². The summed E-state index contributed by atoms with van der Waals surface area (Å²) in [4.78, 5) is 9.71. The van der Waals surface area contributed by atoms with Gasteiger partial charge in [-0.1, -0.05) is 23.9 Å². The molecule has 0 aliphatic rings. The van der Waals surface area contributed by atoms with Crippen LogP contribution in [0.5, 0.6) is 0 Å². The van der Waals surface area contributed by atoms with Crippen LogP contribution in [0.1, 0.15) is 5.56 Å². The second-order valence-electron chi connectivity index (χ2n) is 3.92. The van der Waals surface area contributed by atoms with E-state index in [0.717, 1.165) is 25.8 Å². The minimum absolute atomic E-state index is 0.780. The average molecular weight is 273 g/mol. The first kappa shape index (κ1) is 11.5. The summed E-state index contributed by atoms with van der Waals surface area (Å²) in [6, 6.07) is 7.83. The smallest absolute Gasteiger partial charge is 0.122 e. The van der Waals surface area contributed by atoms with Crippen molar-refractivity contribution in [2.24, 2.45) is 0 Å². The lowest BCUT2D eigenvalue weighted by molar-refractivity contribution is 1.11. The highest BCUT2D eigenvalue weighted by atomic mass is 32.2. The number of anilines is 1. The van der Waals surface area contributed by atoms with Crippen LogP contribution in [-0.4, -0.2) is 9.97 Å². The number of aromatic nitrogens is 2. The van der Waals surface area contributed by atoms with E-state index in [1.165, 1.54) is 5.56 Å². The Morgan fingerprint density at radius 2 is 2.06 bits per heavy atom. The lowest BCUT2D eigenvalue weighted by atomic mass is 10.3. The number of hydrogen-bond acceptors (Lipinski definition) is 5. The second-order valence-corrected chi connectivity index (χ2v) is 5.83. The van der Waals surface area contributed by atoms with E-state index < -0.39 is 0 Å². The minimum atomic E-state index is 0.780. The molecule has 2 heterocycles. The van der Waals surface area contributed by atoms with E-state index in [1.807, 2.05) is 24.3 Å². The van der Waals surface area contributed by atoms with Gasteiger partial charge in [0.05, 0.1) is 10.2 Å². The van der Waals surface area contributed by atoms with E-state index in [1.54, 1.807) is 29.4 Å². The summed E-state index contributed by atoms with van der Waals surface area (Å²) in [6.45, 7) is 2.07. The van der Waals surface area contributed by atoms with Crippen molar-refractivity contribution in [3.63, 3.8) is 0 Å². The number of rotatable bonds is 2. The molecule has 3 nitrogen and oxygen atoms in total. The Bertz CT molecular complexity index is 706. The highest BCUT2D eigenvalue weighted by Gasteiger charge is 2.10. The molecule has 0 radical (unpaired) electrons. The lowest BCUT2D eigenvalue weighted by Crippen LogP contribution is -1.89. The molecule has 90 valence electrons. The molecule has 0 aliphatic carbocycles. The van der Waals surface area contributed by atoms with Crippen LogP contribution in [0.15, 0.2) is 45.9 Å². The number of nitrogen functional groups attached to an aromatic ring is 1. The van der Waals surface area contributed by atoms with Gasteiger partial charge in [-0.25, -0.2) is 9.97 Å². The molecule has 0 saturated heterocycles. The highest BCUT2D eigenvalue weighted by Crippen LogP contribution is 2.37. The number of para-hydroxylation sites is 1. The van der Waals surface area contributed by atoms with Crippen LogP contribution < -0.4 is 5.73 Å². The zero-order valence-electron chi connectivity index (χ0n) is 9.75. The third kappa shape index (κ3) is 1.95. The molecule has 0 unspecified atom stereocenters. The molecule has 0 bridgehead atoms. The molecule has 5 heteroatoms. The Kier molecular flexibility index (Phi) is 2.93. The Morgan fingerprint density at radius 3 is 2.89 bits per heavy atom. The van der Waals surface area contributed by atoms with Gasteiger partial charge in [0.2, 0.25) is 0 Å². The molecular weight excluding hydrogens is 262 g/mol. The standard InChI is InChI=1S/C13H11N3S2/c1-8-6-17-12-11(8)15-7-16-13(12)18-10-5-3-2-4-9(10)14/h2-7H,14H2,1H3. The number of nitrogens with zero attached hydrogens (tertiary/aromatic N) is 2. The molecule has 0 fully saturated rings. The molecule has 2 aromatic heterocycles. The Hall–Kier alpha value is -1.59. The van der Waals surface area contributed by atoms with Crippen LogP contribution >= 0.6 is 23.1 Å². The molecule has 0 saturated carbocycles. The van der Waals surface area contributed by atoms with Gasteiger partial charge in [-0.2, -0.15) is 0 Å². The number of benzene rings is 1. The number of thiophene rings is 1. The molecule has 1 aromatic carbocycles. The van der Waals surface area contributed by atoms with E-state index in [2.05, 4.69) is 22.3 Å². The first-order valence-corrected chi connectivity index (χ1v) is 7.16. The highest BCUT2D eigenvalue weighted by molar-refractivity contribution is 7.99. The topological polar surface area (TPSA) is 51.8 Å². The first-order chi connectivity index (χ1) is 8.75. The van der Waals surface area contributed by atoms with Crippen molar-refractivity contribution in [2.75, 3.05) is 5.73 Å². The summed E-state index contributed by atoms with van der Waals surface area (Å²) < 4.78 is 1.13. The van der Waals surface area contributed by atoms with Crippen molar-refractivity contribution in [1.82, 2.24) is 9.97 Å². The predicted octanol–water partition coefficient (Wildman–Crippen LogP) is 3.73. The lowest BCUT2D eigenvalue weighted by Gasteiger charge is -2.04. The largest absolute Gasteiger partial charge is 0.398 e. The van der Waals surface area contributed by atoms with Crippen LogP contribution in [0.2, 0.25) is 0 Å². The van der Waals surface area contributed by atoms with Gasteiger partial charge in [-0.3, -0.25) is 0 Å². The fraction of sp³-hybridized carbons (Fsp3) is 0.0769. The normalized spacial score (nSPS) is 10.9. The van der Waals surface area contributed by atoms with Gasteiger partial charge < -0.3 is 5.73 Å². The van der Waals surface area contributed by atoms with E-state index in [-0.39, 0.29) is 0 Å². The third-order valence-electron chi connectivity index (χ3n) is 2.62. The first-order valence-electron chi connectivity index (χ1n) is 5.47. The van der Waals surface area contributed by atoms with Gasteiger partial charge in [-0.15, -0.1) is 11.3 Å². The summed E-state index contributed by atoms with van der Waals surface area (Å²) in [5.74, 6) is 0. The summed E-state index contributed by atoms with van der Waals surface area (Å²) in [6.07, 6.45) is 1.61. The van der Waals surface area contributed by atoms with Gasteiger partial charge >= 0.3 is 0 Å². The molecule has 0 aliphatic heterocycles. The third-order valence-corrected chi connectivity index (χ3v) is 4.94. The van der Waals surface area contributed by atoms with Crippen molar-refractivity contribution >= 4 is 39.0 Å². The fourth-order valence-corrected chi connectivity index (χ4v) is 3.68. The zero-order chi connectivity index (χ0) is 12.5. The Balaban J connectivity index is 2.08. The van der Waals surface area contributed by atoms with Crippen molar-refractivity contribution in [2.45, 2.75) is 16.8 Å². The monoisotopic (exact) mass is 273 g/mol. The number of hydrogen-bond donors (Lipinski definition) is 1. The number of fused-ring (bicyclic) bond motifs is 1. The molecule has 0 spiro atoms. The van der Waals surface area contributed by atoms with E-state index in [0.29, 0.717) is 0 Å². The second kappa shape index (κ2) is 4.59. The van der Waals surface area contributed by atoms with Gasteiger partial charge in [0.25, 0.3) is 0 Å². The van der Waals surface area contributed by atoms with Crippen LogP contribution in [0.4, 0.5) is 5.69 Å². The van der Waals surface area contributed by atoms with Crippen LogP contribution in [-0.2, 0) is 0 Å². The van der Waals surface area contributed by atoms with Crippen molar-refractivity contribution in [3.05, 3.63) is 41.5 Å². The van der Waals surface area contributed by atoms with E-state index >= 15 is 0 Å². The summed E-state index contributed by atoms with van der Waals surface area (Å²) in [5, 5.41) is 3.08. The van der Waals surface area contributed by atoms with Crippen LogP contribution in [0.3, 0.4) is 0 Å². The maximum absolute atomic E-state index is 5.96. The molecule has 3 aromatic rings. The van der Waals surface area contributed by atoms with Gasteiger partial charge in [0.1, 0.15) is 11.4 Å². The molecule has 18 heavy (non-hydrogen) atoms. The predicted molar refractivity (Wildman–Crippen MR) is 77.1 cm³/mol. The summed E-state index contributed by atoms with van der Waals surface area (Å²) in [5.41, 5.74) is 8.97. The SMILES string of the molecule is Cc1csc2c(Sc3ccccc3N)ncnc12. The summed E-state index contributed by atoms with van der Waals surface area (Å²) >= 11 is 3.27. The van der Waals surface area contributed by atoms with Crippen LogP contribution in [0.25, 0.3) is 10.2 Å². The van der Waals surface area contributed by atoms with Gasteiger partial charge in [-0.05, 0) is 30.0 Å². The van der Waals surface area contributed by atoms with Crippen LogP contribution in [0, 0.1) is 6.92 Å². The fourth-order valence-electron chi connectivity index (χ4n) is 1.70. The maximum Gasteiger partial charge on any atom is 0.122 e. The van der Waals surface area contributed by atoms with Crippen molar-refractivity contribution < 1.29 is 0 Å². The molecule has 3 rings (SSSR count). The van der Waals surface area contributed by atoms with Crippen molar-refractivity contribution in [1.29, 1.82) is 0 Å². The molecule has 2 N–H and O–H groups in total. The molecule has 0 atom stereocenters. The number of nitrogens with two attached hydrogens (primary N) is 1. The molecule has 0 amide bonds.